The molecule has 0 saturated heterocycles. The lowest BCUT2D eigenvalue weighted by Gasteiger charge is -2.02. The number of hydrogen-bond acceptors (Lipinski definition) is 1. The number of nitriles is 1. The van der Waals surface area contributed by atoms with E-state index in [9.17, 15) is 12.3 Å². The Morgan fingerprint density at radius 2 is 2.00 bits per heavy atom. The lowest BCUT2D eigenvalue weighted by molar-refractivity contribution is 0.456. The van der Waals surface area contributed by atoms with Gasteiger partial charge in [0.15, 0.2) is 0 Å². The maximum atomic E-state index is 11.6. The third-order valence-electron chi connectivity index (χ3n) is 1.08. The van der Waals surface area contributed by atoms with Crippen LogP contribution in [0.15, 0.2) is 0 Å². The van der Waals surface area contributed by atoms with Gasteiger partial charge in [0.05, 0.1) is 6.07 Å². The van der Waals surface area contributed by atoms with Crippen molar-refractivity contribution in [1.29, 1.82) is 5.26 Å². The Kier molecular flexibility index (Phi) is 3.43. The minimum absolute atomic E-state index is 0.0355. The molecule has 1 nitrogen and oxygen atoms in total. The molecule has 58 valence electrons. The molecule has 0 amide bonds. The second-order valence-electron chi connectivity index (χ2n) is 2.18. The Labute approximate surface area is 59.0 Å². The van der Waals surface area contributed by atoms with Gasteiger partial charge in [-0.3, -0.25) is 0 Å². The third kappa shape index (κ3) is 5.63. The molecule has 0 aliphatic carbocycles. The average molecular weight is 167 g/mol. The van der Waals surface area contributed by atoms with E-state index < -0.39 is 21.0 Å². The van der Waals surface area contributed by atoms with Gasteiger partial charge >= 0.3 is 9.08 Å². The van der Waals surface area contributed by atoms with E-state index in [0.29, 0.717) is 0 Å². The van der Waals surface area contributed by atoms with Gasteiger partial charge in [0, 0.05) is 12.0 Å². The number of halogens is 3. The van der Waals surface area contributed by atoms with Crippen LogP contribution in [0.3, 0.4) is 0 Å². The van der Waals surface area contributed by atoms with Gasteiger partial charge in [-0.15, -0.1) is 0 Å². The van der Waals surface area contributed by atoms with Gasteiger partial charge in [-0.25, -0.2) is 12.3 Å². The fourth-order valence-corrected chi connectivity index (χ4v) is 1.21. The fraction of sp³-hybridized carbons (Fsp3) is 0.800. The van der Waals surface area contributed by atoms with Gasteiger partial charge in [0.2, 0.25) is 0 Å². The summed E-state index contributed by atoms with van der Waals surface area (Å²) in [5.41, 5.74) is 0. The zero-order chi connectivity index (χ0) is 8.20. The van der Waals surface area contributed by atoms with Gasteiger partial charge in [-0.1, -0.05) is 0 Å². The van der Waals surface area contributed by atoms with Crippen molar-refractivity contribution in [3.8, 4) is 6.07 Å². The van der Waals surface area contributed by atoms with E-state index >= 15 is 0 Å². The number of rotatable bonds is 3. The van der Waals surface area contributed by atoms with Crippen LogP contribution in [0.25, 0.3) is 0 Å². The lowest BCUT2D eigenvalue weighted by atomic mass is 10.1. The van der Waals surface area contributed by atoms with Crippen LogP contribution >= 0.6 is 0 Å². The maximum Gasteiger partial charge on any atom is 0.616 e. The smallest absolute Gasteiger partial charge is 0.238 e. The van der Waals surface area contributed by atoms with Gasteiger partial charge in [0.25, 0.3) is 0 Å². The summed E-state index contributed by atoms with van der Waals surface area (Å²) >= 11 is 0. The molecule has 0 aromatic rings. The summed E-state index contributed by atoms with van der Waals surface area (Å²) in [4.78, 5) is 0. The van der Waals surface area contributed by atoms with Crippen LogP contribution in [0, 0.1) is 17.2 Å². The second kappa shape index (κ2) is 3.61. The molecule has 0 spiro atoms. The summed E-state index contributed by atoms with van der Waals surface area (Å²) in [5.74, 6) is -0.464. The first-order valence-corrected chi connectivity index (χ1v) is 4.76. The lowest BCUT2D eigenvalue weighted by Crippen LogP contribution is -2.14. The number of nitrogens with zero attached hydrogens (tertiary/aromatic N) is 1. The summed E-state index contributed by atoms with van der Waals surface area (Å²) in [6.45, 7) is 1.50. The number of hydrogen-bond donors (Lipinski definition) is 0. The normalized spacial score (nSPS) is 14.3. The van der Waals surface area contributed by atoms with Crippen LogP contribution in [-0.4, -0.2) is 9.08 Å². The molecule has 0 fully saturated rings. The highest BCUT2D eigenvalue weighted by atomic mass is 28.5. The zero-order valence-corrected chi connectivity index (χ0v) is 6.57. The summed E-state index contributed by atoms with van der Waals surface area (Å²) in [6, 6.07) is 1.04. The molecule has 0 rings (SSSR count). The molecule has 0 heterocycles. The zero-order valence-electron chi connectivity index (χ0n) is 5.57. The van der Waals surface area contributed by atoms with Crippen molar-refractivity contribution in [2.75, 3.05) is 0 Å². The molecule has 0 aromatic carbocycles. The van der Waals surface area contributed by atoms with Crippen LogP contribution in [0.4, 0.5) is 12.3 Å². The summed E-state index contributed by atoms with van der Waals surface area (Å²) in [7, 11) is -5.39. The Hall–Kier alpha value is -0.503. The molecule has 0 N–H and O–H groups in total. The van der Waals surface area contributed by atoms with Crippen molar-refractivity contribution < 1.29 is 12.3 Å². The highest BCUT2D eigenvalue weighted by Crippen LogP contribution is 2.19. The highest BCUT2D eigenvalue weighted by molar-refractivity contribution is 6.58. The average Bonchev–Trinajstić information content (AvgIpc) is 1.81. The van der Waals surface area contributed by atoms with Crippen LogP contribution in [0.5, 0.6) is 0 Å². The molecule has 0 bridgehead atoms. The molecule has 1 atom stereocenters. The Morgan fingerprint density at radius 1 is 1.50 bits per heavy atom. The Balaban J connectivity index is 3.48. The summed E-state index contributed by atoms with van der Waals surface area (Å²) < 4.78 is 34.7. The van der Waals surface area contributed by atoms with E-state index in [2.05, 4.69) is 0 Å². The predicted molar refractivity (Wildman–Crippen MR) is 33.3 cm³/mol. The molecule has 0 radical (unpaired) electrons. The van der Waals surface area contributed by atoms with E-state index in [4.69, 9.17) is 5.26 Å². The molecular formula is C5H8F3NSi. The molecule has 0 aromatic heterocycles. The first kappa shape index (κ1) is 9.50. The van der Waals surface area contributed by atoms with E-state index in [0.717, 1.165) is 0 Å². The molecule has 1 unspecified atom stereocenters. The van der Waals surface area contributed by atoms with Gasteiger partial charge in [-0.05, 0) is 13.3 Å². The molecule has 0 saturated carbocycles. The minimum atomic E-state index is -5.39. The van der Waals surface area contributed by atoms with E-state index in [1.165, 1.54) is 6.92 Å². The van der Waals surface area contributed by atoms with Crippen molar-refractivity contribution in [3.63, 3.8) is 0 Å². The van der Waals surface area contributed by atoms with Crippen LogP contribution < -0.4 is 0 Å². The highest BCUT2D eigenvalue weighted by Gasteiger charge is 2.36. The Morgan fingerprint density at radius 3 is 2.30 bits per heavy atom. The summed E-state index contributed by atoms with van der Waals surface area (Å²) in [5, 5.41) is 8.13. The van der Waals surface area contributed by atoms with Crippen molar-refractivity contribution >= 4 is 9.08 Å². The van der Waals surface area contributed by atoms with E-state index in [1.54, 1.807) is 6.07 Å². The quantitative estimate of drug-likeness (QED) is 0.467. The van der Waals surface area contributed by atoms with Crippen LogP contribution in [0.2, 0.25) is 6.04 Å². The van der Waals surface area contributed by atoms with E-state index in [1.807, 2.05) is 0 Å². The van der Waals surface area contributed by atoms with Crippen molar-refractivity contribution in [2.24, 2.45) is 5.92 Å². The van der Waals surface area contributed by atoms with Gasteiger partial charge in [-0.2, -0.15) is 5.26 Å². The molecule has 5 heteroatoms. The third-order valence-corrected chi connectivity index (χ3v) is 1.94. The maximum absolute atomic E-state index is 11.6. The molecule has 0 aliphatic heterocycles. The standard InChI is InChI=1S/C5H8F3NSi/c1-5(4-9)2-3-10(6,7)8/h5H,2-3H2,1H3. The largest absolute Gasteiger partial charge is 0.616 e. The van der Waals surface area contributed by atoms with Crippen LogP contribution in [-0.2, 0) is 0 Å². The Bertz CT molecular complexity index is 137. The van der Waals surface area contributed by atoms with Gasteiger partial charge in [0.1, 0.15) is 0 Å². The SMILES string of the molecule is CC(C#N)CC[Si](F)(F)F. The first-order valence-electron chi connectivity index (χ1n) is 2.92. The topological polar surface area (TPSA) is 23.8 Å². The van der Waals surface area contributed by atoms with Crippen molar-refractivity contribution in [1.82, 2.24) is 0 Å². The first-order chi connectivity index (χ1) is 4.45. The summed E-state index contributed by atoms with van der Waals surface area (Å²) in [6.07, 6.45) is -0.0355. The predicted octanol–water partition coefficient (Wildman–Crippen LogP) is 2.38. The van der Waals surface area contributed by atoms with Crippen LogP contribution in [0.1, 0.15) is 13.3 Å². The fourth-order valence-electron chi connectivity index (χ4n) is 0.445. The van der Waals surface area contributed by atoms with Gasteiger partial charge < -0.3 is 0 Å². The molecular weight excluding hydrogens is 159 g/mol. The van der Waals surface area contributed by atoms with Crippen molar-refractivity contribution in [2.45, 2.75) is 19.4 Å². The minimum Gasteiger partial charge on any atom is -0.238 e. The van der Waals surface area contributed by atoms with Crippen molar-refractivity contribution in [3.05, 3.63) is 0 Å². The van der Waals surface area contributed by atoms with E-state index in [-0.39, 0.29) is 6.42 Å². The molecule has 0 aliphatic rings. The monoisotopic (exact) mass is 167 g/mol. The second-order valence-corrected chi connectivity index (χ2v) is 3.91. The molecule has 10 heavy (non-hydrogen) atoms.